The third-order valence-electron chi connectivity index (χ3n) is 3.40. The molecule has 104 valence electrons. The minimum atomic E-state index is -0.969. The molecule has 0 unspecified atom stereocenters. The monoisotopic (exact) mass is 281 g/mol. The van der Waals surface area contributed by atoms with Crippen LogP contribution < -0.4 is 0 Å². The Morgan fingerprint density at radius 1 is 1.37 bits per heavy atom. The first-order chi connectivity index (χ1) is 8.99. The molecule has 1 N–H and O–H groups in total. The fourth-order valence-corrected chi connectivity index (χ4v) is 3.58. The van der Waals surface area contributed by atoms with Crippen molar-refractivity contribution in [1.82, 2.24) is 4.90 Å². The lowest BCUT2D eigenvalue weighted by Crippen LogP contribution is -2.40. The minimum absolute atomic E-state index is 0.109. The van der Waals surface area contributed by atoms with Crippen LogP contribution in [0.2, 0.25) is 0 Å². The van der Waals surface area contributed by atoms with Crippen molar-refractivity contribution >= 4 is 23.2 Å². The van der Waals surface area contributed by atoms with Crippen LogP contribution in [-0.2, 0) is 17.6 Å². The summed E-state index contributed by atoms with van der Waals surface area (Å²) in [5.74, 6) is -1.12. The number of carboxylic acid groups (broad SMARTS) is 1. The Morgan fingerprint density at radius 2 is 2.05 bits per heavy atom. The van der Waals surface area contributed by atoms with Gasteiger partial charge in [-0.3, -0.25) is 9.59 Å². The molecule has 0 radical (unpaired) electrons. The van der Waals surface area contributed by atoms with Crippen molar-refractivity contribution in [3.8, 4) is 0 Å². The lowest BCUT2D eigenvalue weighted by Gasteiger charge is -2.24. The van der Waals surface area contributed by atoms with Crippen LogP contribution in [0.1, 0.15) is 46.8 Å². The van der Waals surface area contributed by atoms with E-state index in [1.807, 2.05) is 19.9 Å². The maximum Gasteiger partial charge on any atom is 0.323 e. The Hall–Kier alpha value is -1.36. The molecule has 19 heavy (non-hydrogen) atoms. The predicted molar refractivity (Wildman–Crippen MR) is 74.8 cm³/mol. The molecule has 1 aliphatic rings. The molecule has 1 aromatic heterocycles. The molecule has 1 aliphatic carbocycles. The van der Waals surface area contributed by atoms with E-state index in [2.05, 4.69) is 0 Å². The quantitative estimate of drug-likeness (QED) is 0.922. The summed E-state index contributed by atoms with van der Waals surface area (Å²) in [5.41, 5.74) is 1.28. The Bertz CT molecular complexity index is 469. The standard InChI is InChI=1S/C14H19NO3S/c1-9(2)15(8-13(16)17)14(18)12-7-10-5-3-4-6-11(10)19-12/h7,9H,3-6,8H2,1-2H3,(H,16,17). The number of carbonyl (C=O) groups excluding carboxylic acids is 1. The summed E-state index contributed by atoms with van der Waals surface area (Å²) in [5, 5.41) is 8.90. The van der Waals surface area contributed by atoms with E-state index in [0.29, 0.717) is 4.88 Å². The number of rotatable bonds is 4. The van der Waals surface area contributed by atoms with Crippen LogP contribution in [0.3, 0.4) is 0 Å². The van der Waals surface area contributed by atoms with Gasteiger partial charge in [-0.05, 0) is 51.2 Å². The van der Waals surface area contributed by atoms with Gasteiger partial charge in [0.05, 0.1) is 4.88 Å². The van der Waals surface area contributed by atoms with Crippen LogP contribution >= 0.6 is 11.3 Å². The van der Waals surface area contributed by atoms with Crippen LogP contribution in [-0.4, -0.2) is 34.5 Å². The zero-order chi connectivity index (χ0) is 14.0. The number of carbonyl (C=O) groups is 2. The van der Waals surface area contributed by atoms with E-state index >= 15 is 0 Å². The highest BCUT2D eigenvalue weighted by Gasteiger charge is 2.24. The summed E-state index contributed by atoms with van der Waals surface area (Å²) in [7, 11) is 0. The van der Waals surface area contributed by atoms with Crippen molar-refractivity contribution in [2.75, 3.05) is 6.54 Å². The molecule has 5 heteroatoms. The predicted octanol–water partition coefficient (Wildman–Crippen LogP) is 2.56. The van der Waals surface area contributed by atoms with Gasteiger partial charge in [0.15, 0.2) is 0 Å². The van der Waals surface area contributed by atoms with Gasteiger partial charge in [-0.25, -0.2) is 0 Å². The summed E-state index contributed by atoms with van der Waals surface area (Å²) in [6, 6.07) is 1.85. The normalized spacial score (nSPS) is 14.3. The van der Waals surface area contributed by atoms with E-state index in [-0.39, 0.29) is 18.5 Å². The number of hydrogen-bond acceptors (Lipinski definition) is 3. The number of aliphatic carboxylic acids is 1. The van der Waals surface area contributed by atoms with Crippen LogP contribution in [0.5, 0.6) is 0 Å². The van der Waals surface area contributed by atoms with Gasteiger partial charge in [-0.15, -0.1) is 11.3 Å². The molecule has 1 heterocycles. The lowest BCUT2D eigenvalue weighted by molar-refractivity contribution is -0.138. The molecule has 0 aliphatic heterocycles. The minimum Gasteiger partial charge on any atom is -0.480 e. The van der Waals surface area contributed by atoms with Gasteiger partial charge < -0.3 is 10.0 Å². The van der Waals surface area contributed by atoms with Gasteiger partial charge in [0.25, 0.3) is 5.91 Å². The van der Waals surface area contributed by atoms with E-state index < -0.39 is 5.97 Å². The second-order valence-electron chi connectivity index (χ2n) is 5.19. The molecule has 1 aromatic rings. The number of aryl methyl sites for hydroxylation is 2. The van der Waals surface area contributed by atoms with Crippen LogP contribution in [0.15, 0.2) is 6.07 Å². The van der Waals surface area contributed by atoms with Crippen molar-refractivity contribution in [1.29, 1.82) is 0 Å². The molecule has 0 saturated carbocycles. The van der Waals surface area contributed by atoms with Gasteiger partial charge in [-0.1, -0.05) is 0 Å². The van der Waals surface area contributed by atoms with Crippen LogP contribution in [0.4, 0.5) is 0 Å². The third kappa shape index (κ3) is 3.15. The summed E-state index contributed by atoms with van der Waals surface area (Å²) < 4.78 is 0. The van der Waals surface area contributed by atoms with Crippen LogP contribution in [0.25, 0.3) is 0 Å². The maximum absolute atomic E-state index is 12.4. The number of hydrogen-bond donors (Lipinski definition) is 1. The lowest BCUT2D eigenvalue weighted by atomic mass is 9.99. The van der Waals surface area contributed by atoms with Crippen molar-refractivity contribution in [2.45, 2.75) is 45.6 Å². The largest absolute Gasteiger partial charge is 0.480 e. The van der Waals surface area contributed by atoms with E-state index in [4.69, 9.17) is 5.11 Å². The van der Waals surface area contributed by atoms with Gasteiger partial charge >= 0.3 is 5.97 Å². The molecule has 0 aromatic carbocycles. The van der Waals surface area contributed by atoms with Gasteiger partial charge in [0.2, 0.25) is 0 Å². The fraction of sp³-hybridized carbons (Fsp3) is 0.571. The first kappa shape index (κ1) is 14.1. The van der Waals surface area contributed by atoms with E-state index in [0.717, 1.165) is 12.8 Å². The first-order valence-electron chi connectivity index (χ1n) is 6.63. The SMILES string of the molecule is CC(C)N(CC(=O)O)C(=O)c1cc2c(s1)CCCC2. The highest BCUT2D eigenvalue weighted by atomic mass is 32.1. The Morgan fingerprint density at radius 3 is 2.63 bits per heavy atom. The molecule has 1 amide bonds. The third-order valence-corrected chi connectivity index (χ3v) is 4.62. The Balaban J connectivity index is 2.21. The average molecular weight is 281 g/mol. The molecule has 0 bridgehead atoms. The van der Waals surface area contributed by atoms with E-state index in [9.17, 15) is 9.59 Å². The second-order valence-corrected chi connectivity index (χ2v) is 6.32. The maximum atomic E-state index is 12.4. The Kier molecular flexibility index (Phi) is 4.24. The fourth-order valence-electron chi connectivity index (χ4n) is 2.37. The molecule has 0 atom stereocenters. The molecule has 0 fully saturated rings. The van der Waals surface area contributed by atoms with Crippen LogP contribution in [0, 0.1) is 0 Å². The highest BCUT2D eigenvalue weighted by molar-refractivity contribution is 7.14. The van der Waals surface area contributed by atoms with Crippen molar-refractivity contribution in [3.05, 3.63) is 21.4 Å². The summed E-state index contributed by atoms with van der Waals surface area (Å²) >= 11 is 1.53. The first-order valence-corrected chi connectivity index (χ1v) is 7.45. The number of amides is 1. The van der Waals surface area contributed by atoms with Crippen molar-refractivity contribution in [2.24, 2.45) is 0 Å². The topological polar surface area (TPSA) is 57.6 Å². The summed E-state index contributed by atoms with van der Waals surface area (Å²) in [6.45, 7) is 3.45. The van der Waals surface area contributed by atoms with Crippen molar-refractivity contribution in [3.63, 3.8) is 0 Å². The molecule has 0 saturated heterocycles. The molecular weight excluding hydrogens is 262 g/mol. The van der Waals surface area contributed by atoms with E-state index in [1.165, 1.54) is 39.5 Å². The van der Waals surface area contributed by atoms with E-state index in [1.54, 1.807) is 0 Å². The van der Waals surface area contributed by atoms with Gasteiger partial charge in [-0.2, -0.15) is 0 Å². The summed E-state index contributed by atoms with van der Waals surface area (Å²) in [6.07, 6.45) is 4.46. The molecule has 0 spiro atoms. The highest BCUT2D eigenvalue weighted by Crippen LogP contribution is 2.30. The second kappa shape index (κ2) is 5.74. The number of thiophene rings is 1. The number of fused-ring (bicyclic) bond motifs is 1. The number of carboxylic acids is 1. The molecular formula is C14H19NO3S. The Labute approximate surface area is 117 Å². The zero-order valence-electron chi connectivity index (χ0n) is 11.3. The van der Waals surface area contributed by atoms with Crippen molar-refractivity contribution < 1.29 is 14.7 Å². The average Bonchev–Trinajstić information content (AvgIpc) is 2.78. The zero-order valence-corrected chi connectivity index (χ0v) is 12.1. The van der Waals surface area contributed by atoms with Gasteiger partial charge in [0, 0.05) is 10.9 Å². The number of nitrogens with zero attached hydrogens (tertiary/aromatic N) is 1. The van der Waals surface area contributed by atoms with Gasteiger partial charge in [0.1, 0.15) is 6.54 Å². The molecule has 2 rings (SSSR count). The molecule has 4 nitrogen and oxygen atoms in total. The smallest absolute Gasteiger partial charge is 0.323 e. The summed E-state index contributed by atoms with van der Waals surface area (Å²) in [4.78, 5) is 26.7.